The average Bonchev–Trinajstić information content (AvgIpc) is 2.97. The molecule has 0 saturated heterocycles. The molecule has 43 heavy (non-hydrogen) atoms. The predicted octanol–water partition coefficient (Wildman–Crippen LogP) is 7.34. The van der Waals surface area contributed by atoms with Gasteiger partial charge in [-0.15, -0.1) is 11.8 Å². The Labute approximate surface area is 244 Å². The van der Waals surface area contributed by atoms with Crippen molar-refractivity contribution < 1.29 is 50.2 Å². The van der Waals surface area contributed by atoms with Crippen LogP contribution in [-0.2, 0) is 20.6 Å². The Bertz CT molecular complexity index is 1550. The van der Waals surface area contributed by atoms with Gasteiger partial charge in [0.2, 0.25) is 11.8 Å². The van der Waals surface area contributed by atoms with Crippen molar-refractivity contribution >= 4 is 40.9 Å². The summed E-state index contributed by atoms with van der Waals surface area (Å²) in [6.45, 7) is 0. The smallest absolute Gasteiger partial charge is 0.422 e. The Balaban J connectivity index is 1.61. The highest BCUT2D eigenvalue weighted by atomic mass is 32.2. The molecule has 0 aromatic heterocycles. The van der Waals surface area contributed by atoms with Gasteiger partial charge in [-0.3, -0.25) is 14.4 Å². The highest BCUT2D eigenvalue weighted by molar-refractivity contribution is 8.00. The molecule has 0 fully saturated rings. The highest BCUT2D eigenvalue weighted by Crippen LogP contribution is 2.41. The SMILES string of the molecule is O=C(Nc1c(F)c(F)c(C(F)(F)F)c(F)c1F)C(Sc1cccc(NC(=O)C2CC=CCC2C(=O)O)c1)c1ccccc1. The van der Waals surface area contributed by atoms with Gasteiger partial charge >= 0.3 is 12.1 Å². The molecule has 6 nitrogen and oxygen atoms in total. The molecule has 3 N–H and O–H groups in total. The van der Waals surface area contributed by atoms with Gasteiger partial charge in [0.05, 0.1) is 11.8 Å². The van der Waals surface area contributed by atoms with Gasteiger partial charge in [-0.1, -0.05) is 48.6 Å². The first-order chi connectivity index (χ1) is 20.3. The van der Waals surface area contributed by atoms with Crippen molar-refractivity contribution in [3.05, 3.63) is 101 Å². The lowest BCUT2D eigenvalue weighted by atomic mass is 9.82. The van der Waals surface area contributed by atoms with Crippen molar-refractivity contribution in [2.24, 2.45) is 11.8 Å². The van der Waals surface area contributed by atoms with E-state index in [-0.39, 0.29) is 24.1 Å². The van der Waals surface area contributed by atoms with Gasteiger partial charge in [0.25, 0.3) is 0 Å². The quantitative estimate of drug-likeness (QED) is 0.105. The summed E-state index contributed by atoms with van der Waals surface area (Å²) in [6, 6.07) is 13.6. The predicted molar refractivity (Wildman–Crippen MR) is 143 cm³/mol. The topological polar surface area (TPSA) is 95.5 Å². The number of carboxylic acid groups (broad SMARTS) is 1. The Hall–Kier alpha value is -4.33. The molecule has 3 aromatic rings. The van der Waals surface area contributed by atoms with Crippen molar-refractivity contribution in [3.8, 4) is 0 Å². The lowest BCUT2D eigenvalue weighted by Gasteiger charge is -2.24. The molecule has 1 aliphatic carbocycles. The van der Waals surface area contributed by atoms with Crippen molar-refractivity contribution in [3.63, 3.8) is 0 Å². The molecular formula is C29H21F7N2O4S. The normalized spacial score (nSPS) is 17.3. The molecule has 4 rings (SSSR count). The van der Waals surface area contributed by atoms with Gasteiger partial charge in [0.15, 0.2) is 23.3 Å². The second-order valence-electron chi connectivity index (χ2n) is 9.41. The van der Waals surface area contributed by atoms with E-state index in [1.54, 1.807) is 23.5 Å². The van der Waals surface area contributed by atoms with Crippen LogP contribution in [0.2, 0.25) is 0 Å². The Kier molecular flexibility index (Phi) is 9.48. The maximum atomic E-state index is 14.5. The number of thioether (sulfide) groups is 1. The maximum Gasteiger partial charge on any atom is 0.422 e. The third-order valence-corrected chi connectivity index (χ3v) is 7.83. The molecule has 1 aliphatic rings. The molecule has 0 spiro atoms. The van der Waals surface area contributed by atoms with E-state index in [1.807, 2.05) is 0 Å². The molecule has 3 unspecified atom stereocenters. The summed E-state index contributed by atoms with van der Waals surface area (Å²) in [5.74, 6) is -14.9. The van der Waals surface area contributed by atoms with E-state index in [9.17, 15) is 50.2 Å². The first-order valence-electron chi connectivity index (χ1n) is 12.5. The van der Waals surface area contributed by atoms with Crippen LogP contribution in [0.5, 0.6) is 0 Å². The molecule has 0 saturated carbocycles. The van der Waals surface area contributed by atoms with E-state index in [2.05, 4.69) is 5.32 Å². The fourth-order valence-corrected chi connectivity index (χ4v) is 5.56. The average molecular weight is 627 g/mol. The largest absolute Gasteiger partial charge is 0.481 e. The van der Waals surface area contributed by atoms with Crippen LogP contribution < -0.4 is 10.6 Å². The Morgan fingerprint density at radius 2 is 1.42 bits per heavy atom. The maximum absolute atomic E-state index is 14.5. The first-order valence-corrected chi connectivity index (χ1v) is 13.4. The minimum atomic E-state index is -5.75. The molecule has 0 radical (unpaired) electrons. The molecular weight excluding hydrogens is 605 g/mol. The zero-order valence-electron chi connectivity index (χ0n) is 21.7. The number of hydrogen-bond donors (Lipinski definition) is 3. The van der Waals surface area contributed by atoms with Crippen molar-refractivity contribution in [2.75, 3.05) is 10.6 Å². The number of carbonyl (C=O) groups excluding carboxylic acids is 2. The lowest BCUT2D eigenvalue weighted by molar-refractivity contribution is -0.146. The molecule has 3 aromatic carbocycles. The van der Waals surface area contributed by atoms with E-state index in [1.165, 1.54) is 48.5 Å². The second kappa shape index (κ2) is 12.9. The summed E-state index contributed by atoms with van der Waals surface area (Å²) >= 11 is 0.798. The summed E-state index contributed by atoms with van der Waals surface area (Å²) in [5, 5.41) is 12.4. The van der Waals surface area contributed by atoms with Crippen LogP contribution in [0.15, 0.2) is 71.6 Å². The zero-order valence-corrected chi connectivity index (χ0v) is 22.5. The van der Waals surface area contributed by atoms with E-state index < -0.39 is 75.6 Å². The Morgan fingerprint density at radius 1 is 0.814 bits per heavy atom. The summed E-state index contributed by atoms with van der Waals surface area (Å²) in [5.41, 5.74) is -4.01. The van der Waals surface area contributed by atoms with Crippen LogP contribution in [0, 0.1) is 35.1 Å². The zero-order chi connectivity index (χ0) is 31.5. The van der Waals surface area contributed by atoms with E-state index >= 15 is 0 Å². The molecule has 0 bridgehead atoms. The number of halogens is 7. The number of rotatable bonds is 8. The fraction of sp³-hybridized carbons (Fsp3) is 0.207. The number of allylic oxidation sites excluding steroid dienone is 2. The van der Waals surface area contributed by atoms with Gasteiger partial charge in [-0.2, -0.15) is 13.2 Å². The van der Waals surface area contributed by atoms with Crippen molar-refractivity contribution in [1.82, 2.24) is 0 Å². The van der Waals surface area contributed by atoms with Crippen LogP contribution in [-0.4, -0.2) is 22.9 Å². The second-order valence-corrected chi connectivity index (χ2v) is 10.6. The van der Waals surface area contributed by atoms with E-state index in [4.69, 9.17) is 0 Å². The van der Waals surface area contributed by atoms with Gasteiger partial charge in [-0.25, -0.2) is 17.6 Å². The minimum Gasteiger partial charge on any atom is -0.481 e. The van der Waals surface area contributed by atoms with Crippen LogP contribution in [0.3, 0.4) is 0 Å². The van der Waals surface area contributed by atoms with Crippen LogP contribution >= 0.6 is 11.8 Å². The van der Waals surface area contributed by atoms with Gasteiger partial charge in [0.1, 0.15) is 16.5 Å². The third kappa shape index (κ3) is 7.01. The third-order valence-electron chi connectivity index (χ3n) is 6.58. The molecule has 3 atom stereocenters. The number of carboxylic acids is 1. The first kappa shape index (κ1) is 31.6. The van der Waals surface area contributed by atoms with Gasteiger partial charge in [0, 0.05) is 10.6 Å². The summed E-state index contributed by atoms with van der Waals surface area (Å²) in [4.78, 5) is 38.0. The molecule has 0 aliphatic heterocycles. The summed E-state index contributed by atoms with van der Waals surface area (Å²) < 4.78 is 96.2. The number of nitrogens with one attached hydrogen (secondary N) is 2. The van der Waals surface area contributed by atoms with Crippen LogP contribution in [0.4, 0.5) is 42.1 Å². The van der Waals surface area contributed by atoms with E-state index in [0.717, 1.165) is 11.8 Å². The number of anilines is 2. The standard InChI is InChI=1S/C29H21F7N2O4S/c30-20-19(29(34,35)36)21(31)23(33)24(22(20)32)38-27(40)25(14-7-2-1-3-8-14)43-16-10-6-9-15(13-16)37-26(39)17-11-4-5-12-18(17)28(41)42/h1-10,13,17-18,25H,11-12H2,(H,37,39)(H,38,40)(H,41,42). The highest BCUT2D eigenvalue weighted by Gasteiger charge is 2.43. The fourth-order valence-electron chi connectivity index (χ4n) is 4.47. The molecule has 0 heterocycles. The molecule has 226 valence electrons. The summed E-state index contributed by atoms with van der Waals surface area (Å²) in [6.07, 6.45) is -1.96. The number of aliphatic carboxylic acids is 1. The lowest BCUT2D eigenvalue weighted by Crippen LogP contribution is -2.34. The van der Waals surface area contributed by atoms with Gasteiger partial charge < -0.3 is 15.7 Å². The number of alkyl halides is 3. The monoisotopic (exact) mass is 626 g/mol. The Morgan fingerprint density at radius 3 is 2.00 bits per heavy atom. The van der Waals surface area contributed by atoms with Crippen LogP contribution in [0.1, 0.15) is 29.2 Å². The number of benzene rings is 3. The molecule has 2 amide bonds. The van der Waals surface area contributed by atoms with E-state index in [0.29, 0.717) is 4.90 Å². The van der Waals surface area contributed by atoms with Gasteiger partial charge in [-0.05, 0) is 36.6 Å². The number of carbonyl (C=O) groups is 3. The summed E-state index contributed by atoms with van der Waals surface area (Å²) in [7, 11) is 0. The number of amides is 2. The number of hydrogen-bond acceptors (Lipinski definition) is 4. The van der Waals surface area contributed by atoms with Crippen molar-refractivity contribution in [2.45, 2.75) is 29.2 Å². The minimum absolute atomic E-state index is 0.186. The molecule has 14 heteroatoms. The van der Waals surface area contributed by atoms with Crippen molar-refractivity contribution in [1.29, 1.82) is 0 Å². The van der Waals surface area contributed by atoms with Crippen LogP contribution in [0.25, 0.3) is 0 Å².